The third-order valence-corrected chi connectivity index (χ3v) is 4.19. The molecule has 16 heavy (non-hydrogen) atoms. The van der Waals surface area contributed by atoms with Crippen molar-refractivity contribution in [3.8, 4) is 0 Å². The number of para-hydroxylation sites is 1. The van der Waals surface area contributed by atoms with Gasteiger partial charge in [0.15, 0.2) is 0 Å². The van der Waals surface area contributed by atoms with E-state index in [-0.39, 0.29) is 11.3 Å². The number of rotatable bonds is 3. The topological polar surface area (TPSA) is 63.2 Å². The fraction of sp³-hybridized carbons (Fsp3) is 0.364. The zero-order chi connectivity index (χ0) is 12.4. The molecule has 0 heterocycles. The molecule has 1 radical (unpaired) electrons. The minimum Gasteiger partial charge on any atom is -0.285 e. The average molecular weight is 240 g/mol. The Morgan fingerprint density at radius 3 is 2.25 bits per heavy atom. The first kappa shape index (κ1) is 12.7. The monoisotopic (exact) mass is 240 g/mol. The number of carbonyl (C=O) groups excluding carboxylic acids is 1. The molecule has 4 nitrogen and oxygen atoms in total. The summed E-state index contributed by atoms with van der Waals surface area (Å²) in [7, 11) is -3.51. The Balaban J connectivity index is 3.11. The molecule has 1 N–H and O–H groups in total. The number of hydrogen-bond donors (Lipinski definition) is 1. The van der Waals surface area contributed by atoms with Crippen LogP contribution in [0.15, 0.2) is 24.3 Å². The Labute approximate surface area is 95.7 Å². The highest BCUT2D eigenvalue weighted by atomic mass is 32.2. The molecule has 0 spiro atoms. The molecule has 1 aromatic carbocycles. The molecule has 1 aromatic rings. The van der Waals surface area contributed by atoms with Gasteiger partial charge in [0.1, 0.15) is 0 Å². The predicted molar refractivity (Wildman–Crippen MR) is 63.5 cm³/mol. The van der Waals surface area contributed by atoms with Crippen molar-refractivity contribution in [3.05, 3.63) is 29.8 Å². The zero-order valence-corrected chi connectivity index (χ0v) is 10.3. The van der Waals surface area contributed by atoms with Gasteiger partial charge in [-0.2, -0.15) is 0 Å². The van der Waals surface area contributed by atoms with E-state index >= 15 is 0 Å². The van der Waals surface area contributed by atoms with E-state index in [1.165, 1.54) is 12.1 Å². The molecule has 0 saturated carbocycles. The smallest absolute Gasteiger partial charge is 0.237 e. The number of nitrogens with one attached hydrogen (secondary N) is 1. The Morgan fingerprint density at radius 1 is 1.19 bits per heavy atom. The number of anilines is 1. The molecule has 0 saturated heterocycles. The molecular weight excluding hydrogens is 226 g/mol. The molecule has 0 aliphatic carbocycles. The summed E-state index contributed by atoms with van der Waals surface area (Å²) in [4.78, 5) is 10.6. The van der Waals surface area contributed by atoms with Crippen LogP contribution in [0.5, 0.6) is 0 Å². The van der Waals surface area contributed by atoms with Crippen LogP contribution >= 0.6 is 0 Å². The average Bonchev–Trinajstić information content (AvgIpc) is 2.16. The van der Waals surface area contributed by atoms with E-state index in [0.717, 1.165) is 0 Å². The van der Waals surface area contributed by atoms with Gasteiger partial charge in [-0.05, 0) is 32.9 Å². The number of benzene rings is 1. The van der Waals surface area contributed by atoms with Crippen LogP contribution < -0.4 is 4.72 Å². The first-order chi connectivity index (χ1) is 7.28. The van der Waals surface area contributed by atoms with E-state index in [0.29, 0.717) is 0 Å². The van der Waals surface area contributed by atoms with E-state index in [2.05, 4.69) is 4.72 Å². The van der Waals surface area contributed by atoms with E-state index in [9.17, 15) is 13.2 Å². The highest BCUT2D eigenvalue weighted by molar-refractivity contribution is 7.94. The van der Waals surface area contributed by atoms with E-state index in [4.69, 9.17) is 0 Å². The normalized spacial score (nSPS) is 12.2. The largest absolute Gasteiger partial charge is 0.285 e. The molecule has 0 fully saturated rings. The van der Waals surface area contributed by atoms with Crippen molar-refractivity contribution in [2.45, 2.75) is 25.5 Å². The molecule has 0 aromatic heterocycles. The van der Waals surface area contributed by atoms with Crippen molar-refractivity contribution in [2.75, 3.05) is 4.72 Å². The molecule has 0 unspecified atom stereocenters. The summed E-state index contributed by atoms with van der Waals surface area (Å²) in [6.07, 6.45) is 1.69. The van der Waals surface area contributed by atoms with Crippen LogP contribution in [0.2, 0.25) is 0 Å². The highest BCUT2D eigenvalue weighted by Crippen LogP contribution is 2.21. The molecule has 0 aliphatic heterocycles. The van der Waals surface area contributed by atoms with E-state index in [1.54, 1.807) is 39.2 Å². The van der Waals surface area contributed by atoms with Gasteiger partial charge in [-0.15, -0.1) is 0 Å². The van der Waals surface area contributed by atoms with Crippen molar-refractivity contribution >= 4 is 22.0 Å². The molecule has 0 bridgehead atoms. The minimum absolute atomic E-state index is 0.204. The summed E-state index contributed by atoms with van der Waals surface area (Å²) in [5, 5.41) is 0. The fourth-order valence-electron chi connectivity index (χ4n) is 0.959. The maximum absolute atomic E-state index is 11.8. The maximum Gasteiger partial charge on any atom is 0.237 e. The van der Waals surface area contributed by atoms with Crippen LogP contribution in [0.4, 0.5) is 5.69 Å². The summed E-state index contributed by atoms with van der Waals surface area (Å²) < 4.78 is 25.2. The van der Waals surface area contributed by atoms with Crippen molar-refractivity contribution in [2.24, 2.45) is 0 Å². The number of hydrogen-bond acceptors (Lipinski definition) is 3. The quantitative estimate of drug-likeness (QED) is 0.874. The van der Waals surface area contributed by atoms with E-state index < -0.39 is 14.8 Å². The van der Waals surface area contributed by atoms with Crippen LogP contribution in [0.25, 0.3) is 0 Å². The fourth-order valence-corrected chi connectivity index (χ4v) is 1.73. The van der Waals surface area contributed by atoms with Crippen LogP contribution in [0.1, 0.15) is 26.3 Å². The second-order valence-electron chi connectivity index (χ2n) is 4.37. The standard InChI is InChI=1S/C11H14NO3S/c1-11(2,3)16(14,15)12-10-7-5-4-6-9(10)8-13/h4-7,12H,1-3H3. The molecule has 5 heteroatoms. The zero-order valence-electron chi connectivity index (χ0n) is 9.44. The second-order valence-corrected chi connectivity index (χ2v) is 6.80. The minimum atomic E-state index is -3.51. The predicted octanol–water partition coefficient (Wildman–Crippen LogP) is 1.68. The van der Waals surface area contributed by atoms with Crippen LogP contribution in [0, 0.1) is 0 Å². The Kier molecular flexibility index (Phi) is 3.38. The van der Waals surface area contributed by atoms with Gasteiger partial charge in [0.05, 0.1) is 16.0 Å². The maximum atomic E-state index is 11.8. The lowest BCUT2D eigenvalue weighted by atomic mass is 10.2. The lowest BCUT2D eigenvalue weighted by molar-refractivity contribution is 0.562. The van der Waals surface area contributed by atoms with Crippen LogP contribution in [-0.2, 0) is 14.8 Å². The molecule has 0 atom stereocenters. The van der Waals surface area contributed by atoms with Crippen LogP contribution in [0.3, 0.4) is 0 Å². The van der Waals surface area contributed by atoms with Gasteiger partial charge in [0, 0.05) is 0 Å². The first-order valence-electron chi connectivity index (χ1n) is 4.77. The van der Waals surface area contributed by atoms with Crippen molar-refractivity contribution in [3.63, 3.8) is 0 Å². The van der Waals surface area contributed by atoms with Gasteiger partial charge < -0.3 is 0 Å². The lowest BCUT2D eigenvalue weighted by Crippen LogP contribution is -2.33. The van der Waals surface area contributed by atoms with E-state index in [1.807, 2.05) is 0 Å². The summed E-state index contributed by atoms with van der Waals surface area (Å²) >= 11 is 0. The summed E-state index contributed by atoms with van der Waals surface area (Å²) in [5.41, 5.74) is 0.461. The van der Waals surface area contributed by atoms with Gasteiger partial charge >= 0.3 is 0 Å². The summed E-state index contributed by atoms with van der Waals surface area (Å²) in [5.74, 6) is 0. The summed E-state index contributed by atoms with van der Waals surface area (Å²) in [6, 6.07) is 6.34. The van der Waals surface area contributed by atoms with Crippen molar-refractivity contribution in [1.82, 2.24) is 0 Å². The first-order valence-corrected chi connectivity index (χ1v) is 6.26. The SMILES string of the molecule is CC(C)(C)S(=O)(=O)Nc1ccccc1[C]=O. The Bertz CT molecular complexity index is 486. The molecule has 87 valence electrons. The molecule has 0 amide bonds. The van der Waals surface area contributed by atoms with Gasteiger partial charge in [-0.3, -0.25) is 9.52 Å². The highest BCUT2D eigenvalue weighted by Gasteiger charge is 2.29. The van der Waals surface area contributed by atoms with Gasteiger partial charge in [-0.1, -0.05) is 12.1 Å². The third-order valence-electron chi connectivity index (χ3n) is 2.09. The second kappa shape index (κ2) is 4.25. The molecule has 0 aliphatic rings. The lowest BCUT2D eigenvalue weighted by Gasteiger charge is -2.20. The molecular formula is C11H14NO3S. The van der Waals surface area contributed by atoms with Gasteiger partial charge in [0.2, 0.25) is 16.3 Å². The third kappa shape index (κ3) is 2.61. The van der Waals surface area contributed by atoms with Gasteiger partial charge in [0.25, 0.3) is 0 Å². The van der Waals surface area contributed by atoms with Gasteiger partial charge in [-0.25, -0.2) is 8.42 Å². The molecule has 1 rings (SSSR count). The number of sulfonamides is 1. The Morgan fingerprint density at radius 2 is 1.75 bits per heavy atom. The van der Waals surface area contributed by atoms with Crippen molar-refractivity contribution < 1.29 is 13.2 Å². The van der Waals surface area contributed by atoms with Crippen molar-refractivity contribution in [1.29, 1.82) is 0 Å². The Hall–Kier alpha value is -1.36. The summed E-state index contributed by atoms with van der Waals surface area (Å²) in [6.45, 7) is 4.76. The van der Waals surface area contributed by atoms with Crippen LogP contribution in [-0.4, -0.2) is 19.5 Å².